The van der Waals surface area contributed by atoms with E-state index < -0.39 is 0 Å². The van der Waals surface area contributed by atoms with Crippen molar-refractivity contribution in [2.75, 3.05) is 4.90 Å². The molecule has 0 unspecified atom stereocenters. The van der Waals surface area contributed by atoms with Gasteiger partial charge >= 0.3 is 0 Å². The number of anilines is 3. The Bertz CT molecular complexity index is 2930. The molecule has 10 rings (SSSR count). The lowest BCUT2D eigenvalue weighted by Crippen LogP contribution is -2.11. The Hall–Kier alpha value is -7.00. The van der Waals surface area contributed by atoms with Crippen LogP contribution in [0.25, 0.3) is 75.8 Å². The van der Waals surface area contributed by atoms with Crippen LogP contribution in [0.15, 0.2) is 224 Å². The number of thiophene rings is 1. The molecular formula is C54H37NS. The van der Waals surface area contributed by atoms with Crippen LogP contribution in [0.1, 0.15) is 0 Å². The highest BCUT2D eigenvalue weighted by Crippen LogP contribution is 2.45. The molecule has 1 aromatic heterocycles. The lowest BCUT2D eigenvalue weighted by molar-refractivity contribution is 1.28. The van der Waals surface area contributed by atoms with E-state index in [9.17, 15) is 0 Å². The van der Waals surface area contributed by atoms with Crippen molar-refractivity contribution in [3.8, 4) is 55.6 Å². The van der Waals surface area contributed by atoms with Gasteiger partial charge in [-0.25, -0.2) is 0 Å². The highest BCUT2D eigenvalue weighted by Gasteiger charge is 2.19. The summed E-state index contributed by atoms with van der Waals surface area (Å²) in [6.07, 6.45) is 0. The summed E-state index contributed by atoms with van der Waals surface area (Å²) in [7, 11) is 0. The van der Waals surface area contributed by atoms with Gasteiger partial charge in [0.1, 0.15) is 0 Å². The van der Waals surface area contributed by atoms with E-state index in [4.69, 9.17) is 0 Å². The minimum Gasteiger partial charge on any atom is -0.310 e. The molecule has 1 nitrogen and oxygen atoms in total. The van der Waals surface area contributed by atoms with Gasteiger partial charge in [-0.05, 0) is 98.6 Å². The van der Waals surface area contributed by atoms with Gasteiger partial charge in [0.05, 0.1) is 5.69 Å². The molecule has 0 aliphatic carbocycles. The van der Waals surface area contributed by atoms with Gasteiger partial charge in [0.25, 0.3) is 0 Å². The van der Waals surface area contributed by atoms with E-state index in [1.54, 1.807) is 0 Å². The van der Waals surface area contributed by atoms with E-state index in [1.165, 1.54) is 75.8 Å². The quantitative estimate of drug-likeness (QED) is 0.150. The number of hydrogen-bond acceptors (Lipinski definition) is 2. The van der Waals surface area contributed by atoms with Crippen molar-refractivity contribution in [2.24, 2.45) is 0 Å². The molecule has 1 heterocycles. The maximum atomic E-state index is 2.41. The van der Waals surface area contributed by atoms with Crippen LogP contribution >= 0.6 is 11.3 Å². The second kappa shape index (κ2) is 14.7. The van der Waals surface area contributed by atoms with Crippen LogP contribution in [0, 0.1) is 0 Å². The van der Waals surface area contributed by atoms with Crippen LogP contribution in [-0.2, 0) is 0 Å². The lowest BCUT2D eigenvalue weighted by atomic mass is 9.94. The van der Waals surface area contributed by atoms with Crippen LogP contribution in [0.2, 0.25) is 0 Å². The molecule has 0 fully saturated rings. The van der Waals surface area contributed by atoms with E-state index in [0.29, 0.717) is 0 Å². The second-order valence-electron chi connectivity index (χ2n) is 14.1. The zero-order valence-corrected chi connectivity index (χ0v) is 31.5. The Morgan fingerprint density at radius 2 is 0.732 bits per heavy atom. The minimum absolute atomic E-state index is 1.10. The first kappa shape index (κ1) is 33.6. The van der Waals surface area contributed by atoms with Crippen molar-refractivity contribution >= 4 is 48.6 Å². The van der Waals surface area contributed by atoms with Crippen LogP contribution in [0.5, 0.6) is 0 Å². The highest BCUT2D eigenvalue weighted by atomic mass is 32.1. The second-order valence-corrected chi connectivity index (χ2v) is 15.2. The number of benzene rings is 9. The van der Waals surface area contributed by atoms with Gasteiger partial charge in [-0.15, -0.1) is 11.3 Å². The third-order valence-electron chi connectivity index (χ3n) is 10.7. The standard InChI is InChI=1S/C54H37NS/c1-4-14-38(15-5-1)40-26-31-46(32-27-40)55(47-33-28-42(29-34-47)48-23-13-24-50-49-22-10-11-25-53(49)56-54(48)50)52-35-30-45(37-51(52)41-18-8-3-9-19-41)44-21-12-20-43(36-44)39-16-6-2-7-17-39/h1-37H. The van der Waals surface area contributed by atoms with Gasteiger partial charge in [-0.3, -0.25) is 0 Å². The van der Waals surface area contributed by atoms with Crippen molar-refractivity contribution < 1.29 is 0 Å². The van der Waals surface area contributed by atoms with E-state index in [-0.39, 0.29) is 0 Å². The fraction of sp³-hybridized carbons (Fsp3) is 0. The summed E-state index contributed by atoms with van der Waals surface area (Å²) in [4.78, 5) is 2.41. The summed E-state index contributed by atoms with van der Waals surface area (Å²) in [5.74, 6) is 0. The van der Waals surface area contributed by atoms with Gasteiger partial charge in [-0.1, -0.05) is 176 Å². The normalized spacial score (nSPS) is 11.2. The first-order chi connectivity index (χ1) is 27.8. The molecule has 0 radical (unpaired) electrons. The molecule has 0 atom stereocenters. The van der Waals surface area contributed by atoms with Crippen LogP contribution in [-0.4, -0.2) is 0 Å². The molecule has 56 heavy (non-hydrogen) atoms. The monoisotopic (exact) mass is 731 g/mol. The summed E-state index contributed by atoms with van der Waals surface area (Å²) in [6.45, 7) is 0. The number of hydrogen-bond donors (Lipinski definition) is 0. The molecule has 0 N–H and O–H groups in total. The molecule has 10 aromatic rings. The first-order valence-electron chi connectivity index (χ1n) is 19.1. The fourth-order valence-corrected chi connectivity index (χ4v) is 9.13. The zero-order chi connectivity index (χ0) is 37.3. The van der Waals surface area contributed by atoms with Gasteiger partial charge < -0.3 is 4.90 Å². The molecule has 0 saturated carbocycles. The molecule has 0 aliphatic heterocycles. The van der Waals surface area contributed by atoms with E-state index in [0.717, 1.165) is 17.1 Å². The molecule has 264 valence electrons. The Balaban J connectivity index is 1.12. The molecule has 0 saturated heterocycles. The van der Waals surface area contributed by atoms with E-state index >= 15 is 0 Å². The van der Waals surface area contributed by atoms with E-state index in [2.05, 4.69) is 229 Å². The summed E-state index contributed by atoms with van der Waals surface area (Å²) < 4.78 is 2.65. The average molecular weight is 732 g/mol. The van der Waals surface area contributed by atoms with Gasteiger partial charge in [0.15, 0.2) is 0 Å². The Morgan fingerprint density at radius 3 is 1.41 bits per heavy atom. The van der Waals surface area contributed by atoms with Crippen molar-refractivity contribution in [2.45, 2.75) is 0 Å². The number of rotatable bonds is 8. The van der Waals surface area contributed by atoms with Crippen LogP contribution in [0.3, 0.4) is 0 Å². The van der Waals surface area contributed by atoms with Crippen LogP contribution < -0.4 is 4.90 Å². The minimum atomic E-state index is 1.10. The fourth-order valence-electron chi connectivity index (χ4n) is 7.89. The van der Waals surface area contributed by atoms with Crippen molar-refractivity contribution in [1.82, 2.24) is 0 Å². The zero-order valence-electron chi connectivity index (χ0n) is 30.7. The lowest BCUT2D eigenvalue weighted by Gasteiger charge is -2.29. The predicted molar refractivity (Wildman–Crippen MR) is 241 cm³/mol. The summed E-state index contributed by atoms with van der Waals surface area (Å²) in [5, 5.41) is 2.63. The number of nitrogens with zero attached hydrogens (tertiary/aromatic N) is 1. The van der Waals surface area contributed by atoms with Crippen molar-refractivity contribution in [1.29, 1.82) is 0 Å². The summed E-state index contributed by atoms with van der Waals surface area (Å²) >= 11 is 1.87. The third kappa shape index (κ3) is 6.36. The average Bonchev–Trinajstić information content (AvgIpc) is 3.67. The first-order valence-corrected chi connectivity index (χ1v) is 19.9. The maximum absolute atomic E-state index is 2.41. The molecule has 9 aromatic carbocycles. The summed E-state index contributed by atoms with van der Waals surface area (Å²) in [5.41, 5.74) is 15.3. The van der Waals surface area contributed by atoms with E-state index in [1.807, 2.05) is 11.3 Å². The summed E-state index contributed by atoms with van der Waals surface area (Å²) in [6, 6.07) is 81.3. The van der Waals surface area contributed by atoms with Crippen molar-refractivity contribution in [3.63, 3.8) is 0 Å². The molecular weight excluding hydrogens is 695 g/mol. The predicted octanol–water partition coefficient (Wildman–Crippen LogP) is 15.9. The number of fused-ring (bicyclic) bond motifs is 3. The third-order valence-corrected chi connectivity index (χ3v) is 11.9. The smallest absolute Gasteiger partial charge is 0.0540 e. The van der Waals surface area contributed by atoms with Crippen molar-refractivity contribution in [3.05, 3.63) is 224 Å². The van der Waals surface area contributed by atoms with Gasteiger partial charge in [-0.2, -0.15) is 0 Å². The Kier molecular flexibility index (Phi) is 8.79. The van der Waals surface area contributed by atoms with Gasteiger partial charge in [0.2, 0.25) is 0 Å². The largest absolute Gasteiger partial charge is 0.310 e. The molecule has 0 bridgehead atoms. The SMILES string of the molecule is c1ccc(-c2ccc(N(c3ccc(-c4cccc5c4sc4ccccc45)cc3)c3ccc(-c4cccc(-c5ccccc5)c4)cc3-c3ccccc3)cc2)cc1. The van der Waals surface area contributed by atoms with Gasteiger partial charge in [0, 0.05) is 37.1 Å². The van der Waals surface area contributed by atoms with Crippen LogP contribution in [0.4, 0.5) is 17.1 Å². The molecule has 0 amide bonds. The highest BCUT2D eigenvalue weighted by molar-refractivity contribution is 7.26. The maximum Gasteiger partial charge on any atom is 0.0540 e. The topological polar surface area (TPSA) is 3.24 Å². The Morgan fingerprint density at radius 1 is 0.286 bits per heavy atom. The Labute approximate surface area is 332 Å². The molecule has 0 spiro atoms. The molecule has 0 aliphatic rings. The molecule has 2 heteroatoms.